The van der Waals surface area contributed by atoms with Gasteiger partial charge in [-0.3, -0.25) is 20.4 Å². The van der Waals surface area contributed by atoms with Gasteiger partial charge in [0.2, 0.25) is 10.0 Å². The molecule has 0 aliphatic rings. The minimum atomic E-state index is -3.80. The molecule has 2 aromatic carbocycles. The molecule has 0 radical (unpaired) electrons. The summed E-state index contributed by atoms with van der Waals surface area (Å²) in [5, 5.41) is 0. The fourth-order valence-electron chi connectivity index (χ4n) is 2.15. The molecule has 0 fully saturated rings. The van der Waals surface area contributed by atoms with Gasteiger partial charge in [-0.1, -0.05) is 54.6 Å². The number of hydrazine groups is 1. The molecule has 2 rings (SSSR count). The number of carbonyl (C=O) groups excluding carboxylic acids is 2. The summed E-state index contributed by atoms with van der Waals surface area (Å²) in [5.74, 6) is -1.15. The maximum atomic E-state index is 12.5. The highest BCUT2D eigenvalue weighted by molar-refractivity contribution is 7.89. The Morgan fingerprint density at radius 3 is 2.43 bits per heavy atom. The minimum Gasteiger partial charge on any atom is -0.268 e. The van der Waals surface area contributed by atoms with Crippen LogP contribution < -0.4 is 15.6 Å². The van der Waals surface area contributed by atoms with E-state index in [-0.39, 0.29) is 17.0 Å². The number of carbonyl (C=O) groups is 2. The Hall–Kier alpha value is -3.23. The van der Waals surface area contributed by atoms with Crippen LogP contribution in [0.1, 0.15) is 22.8 Å². The number of nitrogens with one attached hydrogen (secondary N) is 3. The molecule has 0 saturated heterocycles. The maximum absolute atomic E-state index is 12.5. The molecular weight excluding hydrogens is 378 g/mol. The van der Waals surface area contributed by atoms with Gasteiger partial charge in [-0.05, 0) is 30.7 Å². The van der Waals surface area contributed by atoms with E-state index in [1.165, 1.54) is 36.4 Å². The zero-order valence-corrected chi connectivity index (χ0v) is 16.1. The molecule has 0 saturated carbocycles. The Balaban J connectivity index is 2.01. The van der Waals surface area contributed by atoms with Gasteiger partial charge in [-0.15, -0.1) is 0 Å². The lowest BCUT2D eigenvalue weighted by Gasteiger charge is -2.09. The molecule has 0 heterocycles. The zero-order chi connectivity index (χ0) is 20.4. The molecule has 146 valence electrons. The molecule has 8 heteroatoms. The van der Waals surface area contributed by atoms with Crippen LogP contribution in [0.4, 0.5) is 0 Å². The number of hydrogen-bond donors (Lipinski definition) is 3. The van der Waals surface area contributed by atoms with Crippen LogP contribution in [0.2, 0.25) is 0 Å². The predicted molar refractivity (Wildman–Crippen MR) is 106 cm³/mol. The lowest BCUT2D eigenvalue weighted by molar-refractivity contribution is -0.117. The molecule has 0 spiro atoms. The van der Waals surface area contributed by atoms with Crippen LogP contribution >= 0.6 is 0 Å². The number of allylic oxidation sites excluding steroid dienone is 3. The Bertz CT molecular complexity index is 984. The van der Waals surface area contributed by atoms with Gasteiger partial charge in [0, 0.05) is 18.2 Å². The first kappa shape index (κ1) is 21.1. The number of rotatable bonds is 7. The second-order valence-electron chi connectivity index (χ2n) is 5.67. The normalized spacial score (nSPS) is 11.6. The third-order valence-corrected chi connectivity index (χ3v) is 4.96. The van der Waals surface area contributed by atoms with E-state index < -0.39 is 21.8 Å². The molecule has 7 nitrogen and oxygen atoms in total. The van der Waals surface area contributed by atoms with E-state index >= 15 is 0 Å². The Kier molecular flexibility index (Phi) is 7.67. The SMILES string of the molecule is C/C=C/C=C/C(=O)NNC(=O)c1cccc(S(=O)(=O)NCc2ccccc2)c1. The van der Waals surface area contributed by atoms with Crippen molar-refractivity contribution >= 4 is 21.8 Å². The molecule has 0 unspecified atom stereocenters. The van der Waals surface area contributed by atoms with Gasteiger partial charge in [0.25, 0.3) is 11.8 Å². The van der Waals surface area contributed by atoms with Crippen molar-refractivity contribution in [1.29, 1.82) is 0 Å². The highest BCUT2D eigenvalue weighted by atomic mass is 32.2. The Labute approximate surface area is 164 Å². The van der Waals surface area contributed by atoms with Gasteiger partial charge >= 0.3 is 0 Å². The van der Waals surface area contributed by atoms with Crippen molar-refractivity contribution in [2.24, 2.45) is 0 Å². The summed E-state index contributed by atoms with van der Waals surface area (Å²) in [4.78, 5) is 23.7. The number of hydrogen-bond acceptors (Lipinski definition) is 4. The fraction of sp³-hybridized carbons (Fsp3) is 0.100. The molecule has 3 N–H and O–H groups in total. The van der Waals surface area contributed by atoms with E-state index in [2.05, 4.69) is 15.6 Å². The van der Waals surface area contributed by atoms with Crippen LogP contribution in [0.15, 0.2) is 83.8 Å². The van der Waals surface area contributed by atoms with Gasteiger partial charge in [0.05, 0.1) is 4.90 Å². The van der Waals surface area contributed by atoms with E-state index in [0.29, 0.717) is 0 Å². The molecule has 2 amide bonds. The summed E-state index contributed by atoms with van der Waals surface area (Å²) < 4.78 is 27.4. The summed E-state index contributed by atoms with van der Waals surface area (Å²) in [5.41, 5.74) is 5.36. The maximum Gasteiger partial charge on any atom is 0.269 e. The molecular formula is C20H21N3O4S. The molecule has 0 aliphatic heterocycles. The average Bonchev–Trinajstić information content (AvgIpc) is 2.71. The quantitative estimate of drug-likeness (QED) is 0.377. The van der Waals surface area contributed by atoms with Gasteiger partial charge in [0.1, 0.15) is 0 Å². The second-order valence-corrected chi connectivity index (χ2v) is 7.43. The van der Waals surface area contributed by atoms with Gasteiger partial charge in [0.15, 0.2) is 0 Å². The number of sulfonamides is 1. The average molecular weight is 399 g/mol. The van der Waals surface area contributed by atoms with Crippen LogP contribution in [0.25, 0.3) is 0 Å². The van der Waals surface area contributed by atoms with Gasteiger partial charge in [-0.2, -0.15) is 0 Å². The smallest absolute Gasteiger partial charge is 0.268 e. The monoisotopic (exact) mass is 399 g/mol. The van der Waals surface area contributed by atoms with Crippen molar-refractivity contribution in [3.05, 3.63) is 90.0 Å². The van der Waals surface area contributed by atoms with Crippen molar-refractivity contribution < 1.29 is 18.0 Å². The summed E-state index contributed by atoms with van der Waals surface area (Å²) >= 11 is 0. The van der Waals surface area contributed by atoms with Gasteiger partial charge in [-0.25, -0.2) is 13.1 Å². The highest BCUT2D eigenvalue weighted by Gasteiger charge is 2.16. The van der Waals surface area contributed by atoms with Crippen molar-refractivity contribution in [2.75, 3.05) is 0 Å². The van der Waals surface area contributed by atoms with Crippen molar-refractivity contribution in [3.8, 4) is 0 Å². The summed E-state index contributed by atoms with van der Waals surface area (Å²) in [7, 11) is -3.80. The van der Waals surface area contributed by atoms with Crippen molar-refractivity contribution in [1.82, 2.24) is 15.6 Å². The second kappa shape index (κ2) is 10.2. The summed E-state index contributed by atoms with van der Waals surface area (Å²) in [6.07, 6.45) is 6.18. The van der Waals surface area contributed by atoms with E-state index in [0.717, 1.165) is 5.56 Å². The number of amides is 2. The lowest BCUT2D eigenvalue weighted by atomic mass is 10.2. The third-order valence-electron chi connectivity index (χ3n) is 3.57. The van der Waals surface area contributed by atoms with Crippen LogP contribution in [0.3, 0.4) is 0 Å². The predicted octanol–water partition coefficient (Wildman–Crippen LogP) is 2.06. The first-order chi connectivity index (χ1) is 13.4. The number of benzene rings is 2. The van der Waals surface area contributed by atoms with E-state index in [1.807, 2.05) is 18.2 Å². The highest BCUT2D eigenvalue weighted by Crippen LogP contribution is 2.12. The third kappa shape index (κ3) is 6.49. The molecule has 28 heavy (non-hydrogen) atoms. The van der Waals surface area contributed by atoms with Crippen LogP contribution in [0.5, 0.6) is 0 Å². The first-order valence-corrected chi connectivity index (χ1v) is 9.94. The topological polar surface area (TPSA) is 104 Å². The summed E-state index contributed by atoms with van der Waals surface area (Å²) in [6, 6.07) is 14.6. The van der Waals surface area contributed by atoms with Crippen LogP contribution in [-0.2, 0) is 21.4 Å². The van der Waals surface area contributed by atoms with Crippen molar-refractivity contribution in [3.63, 3.8) is 0 Å². The molecule has 0 aliphatic carbocycles. The molecule has 2 aromatic rings. The van der Waals surface area contributed by atoms with Crippen LogP contribution in [-0.4, -0.2) is 20.2 Å². The zero-order valence-electron chi connectivity index (χ0n) is 15.3. The molecule has 0 atom stereocenters. The van der Waals surface area contributed by atoms with Crippen LogP contribution in [0, 0.1) is 0 Å². The Morgan fingerprint density at radius 1 is 0.964 bits per heavy atom. The lowest BCUT2D eigenvalue weighted by Crippen LogP contribution is -2.40. The standard InChI is InChI=1S/C20H21N3O4S/c1-2-3-5-13-19(24)22-23-20(25)17-11-8-12-18(14-17)28(26,27)21-15-16-9-6-4-7-10-16/h2-14,21H,15H2,1H3,(H,22,24)(H,23,25)/b3-2+,13-5+. The first-order valence-electron chi connectivity index (χ1n) is 8.46. The minimum absolute atomic E-state index is 0.0459. The van der Waals surface area contributed by atoms with E-state index in [1.54, 1.807) is 31.2 Å². The van der Waals surface area contributed by atoms with E-state index in [4.69, 9.17) is 0 Å². The van der Waals surface area contributed by atoms with Gasteiger partial charge < -0.3 is 0 Å². The van der Waals surface area contributed by atoms with Crippen molar-refractivity contribution in [2.45, 2.75) is 18.4 Å². The van der Waals surface area contributed by atoms with E-state index in [9.17, 15) is 18.0 Å². The Morgan fingerprint density at radius 2 is 1.71 bits per heavy atom. The summed E-state index contributed by atoms with van der Waals surface area (Å²) in [6.45, 7) is 1.94. The molecule has 0 bridgehead atoms. The fourth-order valence-corrected chi connectivity index (χ4v) is 3.21. The molecule has 0 aromatic heterocycles. The largest absolute Gasteiger partial charge is 0.269 e.